The van der Waals surface area contributed by atoms with Gasteiger partial charge in [-0.15, -0.1) is 0 Å². The van der Waals surface area contributed by atoms with Crippen molar-refractivity contribution in [2.24, 2.45) is 5.41 Å². The molecule has 15 heavy (non-hydrogen) atoms. The van der Waals surface area contributed by atoms with Crippen molar-refractivity contribution >= 4 is 23.0 Å². The summed E-state index contributed by atoms with van der Waals surface area (Å²) >= 11 is 1.04. The van der Waals surface area contributed by atoms with Crippen molar-refractivity contribution in [1.29, 1.82) is 0 Å². The molecule has 0 amide bonds. The van der Waals surface area contributed by atoms with Crippen LogP contribution in [0.25, 0.3) is 0 Å². The molecule has 0 unspecified atom stereocenters. The van der Waals surface area contributed by atoms with Gasteiger partial charge in [-0.25, -0.2) is 4.79 Å². The molecule has 0 rings (SSSR count). The SMILES string of the molecule is CCSC(=O)OCOC(=O)C(C)(C)CC. The van der Waals surface area contributed by atoms with E-state index in [-0.39, 0.29) is 12.8 Å². The zero-order chi connectivity index (χ0) is 11.9. The van der Waals surface area contributed by atoms with E-state index in [2.05, 4.69) is 4.74 Å². The van der Waals surface area contributed by atoms with E-state index in [0.29, 0.717) is 12.2 Å². The van der Waals surface area contributed by atoms with Crippen LogP contribution < -0.4 is 0 Å². The van der Waals surface area contributed by atoms with Gasteiger partial charge in [0.25, 0.3) is 0 Å². The van der Waals surface area contributed by atoms with Gasteiger partial charge in [-0.05, 0) is 32.0 Å². The zero-order valence-electron chi connectivity index (χ0n) is 9.66. The molecule has 5 heteroatoms. The van der Waals surface area contributed by atoms with Crippen molar-refractivity contribution in [3.8, 4) is 0 Å². The lowest BCUT2D eigenvalue weighted by Gasteiger charge is -2.19. The standard InChI is InChI=1S/C10H18O4S/c1-5-10(3,4)8(11)13-7-14-9(12)15-6-2/h5-7H2,1-4H3. The summed E-state index contributed by atoms with van der Waals surface area (Å²) < 4.78 is 9.49. The molecule has 0 bridgehead atoms. The fourth-order valence-corrected chi connectivity index (χ4v) is 0.997. The Hall–Kier alpha value is -0.710. The molecule has 0 aromatic heterocycles. The summed E-state index contributed by atoms with van der Waals surface area (Å²) in [6.45, 7) is 7.03. The molecule has 0 aliphatic rings. The van der Waals surface area contributed by atoms with Crippen LogP contribution in [0.4, 0.5) is 4.79 Å². The molecule has 0 aromatic carbocycles. The molecular formula is C10H18O4S. The van der Waals surface area contributed by atoms with E-state index < -0.39 is 10.7 Å². The van der Waals surface area contributed by atoms with Crippen LogP contribution in [0.15, 0.2) is 0 Å². The van der Waals surface area contributed by atoms with E-state index >= 15 is 0 Å². The van der Waals surface area contributed by atoms with E-state index in [1.54, 1.807) is 13.8 Å². The van der Waals surface area contributed by atoms with Crippen LogP contribution >= 0.6 is 11.8 Å². The number of esters is 1. The second-order valence-electron chi connectivity index (χ2n) is 3.61. The summed E-state index contributed by atoms with van der Waals surface area (Å²) in [5.41, 5.74) is -0.524. The van der Waals surface area contributed by atoms with Crippen molar-refractivity contribution < 1.29 is 19.1 Å². The number of carbonyl (C=O) groups excluding carboxylic acids is 2. The Morgan fingerprint density at radius 1 is 1.20 bits per heavy atom. The third kappa shape index (κ3) is 5.67. The minimum Gasteiger partial charge on any atom is -0.427 e. The lowest BCUT2D eigenvalue weighted by atomic mass is 9.91. The van der Waals surface area contributed by atoms with Gasteiger partial charge in [0.2, 0.25) is 6.79 Å². The summed E-state index contributed by atoms with van der Waals surface area (Å²) in [5.74, 6) is 0.298. The van der Waals surface area contributed by atoms with E-state index in [9.17, 15) is 9.59 Å². The Kier molecular flexibility index (Phi) is 6.40. The van der Waals surface area contributed by atoms with Gasteiger partial charge in [0.05, 0.1) is 5.41 Å². The first-order valence-corrected chi connectivity index (χ1v) is 5.89. The van der Waals surface area contributed by atoms with E-state index in [1.807, 2.05) is 13.8 Å². The average molecular weight is 234 g/mol. The fourth-order valence-electron chi connectivity index (χ4n) is 0.630. The monoisotopic (exact) mass is 234 g/mol. The molecule has 0 N–H and O–H groups in total. The van der Waals surface area contributed by atoms with Crippen molar-refractivity contribution in [3.63, 3.8) is 0 Å². The smallest absolute Gasteiger partial charge is 0.370 e. The summed E-state index contributed by atoms with van der Waals surface area (Å²) in [6.07, 6.45) is 0.684. The molecular weight excluding hydrogens is 216 g/mol. The van der Waals surface area contributed by atoms with Gasteiger partial charge in [0.1, 0.15) is 0 Å². The van der Waals surface area contributed by atoms with Crippen LogP contribution in [-0.4, -0.2) is 23.8 Å². The number of hydrogen-bond donors (Lipinski definition) is 0. The topological polar surface area (TPSA) is 52.6 Å². The highest BCUT2D eigenvalue weighted by molar-refractivity contribution is 8.13. The molecule has 0 radical (unpaired) electrons. The van der Waals surface area contributed by atoms with Crippen LogP contribution in [0.3, 0.4) is 0 Å². The molecule has 0 saturated heterocycles. The predicted octanol–water partition coefficient (Wildman–Crippen LogP) is 2.81. The van der Waals surface area contributed by atoms with Gasteiger partial charge < -0.3 is 9.47 Å². The highest BCUT2D eigenvalue weighted by atomic mass is 32.2. The van der Waals surface area contributed by atoms with Crippen molar-refractivity contribution in [2.75, 3.05) is 12.5 Å². The lowest BCUT2D eigenvalue weighted by Crippen LogP contribution is -2.26. The maximum Gasteiger partial charge on any atom is 0.370 e. The second-order valence-corrected chi connectivity index (χ2v) is 4.81. The molecule has 0 aliphatic carbocycles. The van der Waals surface area contributed by atoms with Gasteiger partial charge in [-0.2, -0.15) is 0 Å². The summed E-state index contributed by atoms with van der Waals surface area (Å²) in [7, 11) is 0. The summed E-state index contributed by atoms with van der Waals surface area (Å²) in [5, 5.41) is -0.417. The van der Waals surface area contributed by atoms with Gasteiger partial charge in [0, 0.05) is 5.75 Å². The van der Waals surface area contributed by atoms with Crippen LogP contribution in [-0.2, 0) is 14.3 Å². The Morgan fingerprint density at radius 2 is 1.80 bits per heavy atom. The Labute approximate surface area is 94.7 Å². The van der Waals surface area contributed by atoms with Crippen LogP contribution in [0, 0.1) is 5.41 Å². The van der Waals surface area contributed by atoms with Crippen LogP contribution in [0.5, 0.6) is 0 Å². The zero-order valence-corrected chi connectivity index (χ0v) is 10.5. The number of thioether (sulfide) groups is 1. The second kappa shape index (κ2) is 6.71. The number of carbonyl (C=O) groups is 2. The number of rotatable bonds is 5. The average Bonchev–Trinajstić information content (AvgIpc) is 2.18. The normalized spacial score (nSPS) is 10.9. The highest BCUT2D eigenvalue weighted by Gasteiger charge is 2.27. The van der Waals surface area contributed by atoms with Crippen molar-refractivity contribution in [2.45, 2.75) is 34.1 Å². The largest absolute Gasteiger partial charge is 0.427 e. The molecule has 0 heterocycles. The van der Waals surface area contributed by atoms with Crippen molar-refractivity contribution in [1.82, 2.24) is 0 Å². The first-order chi connectivity index (χ1) is 6.94. The van der Waals surface area contributed by atoms with E-state index in [4.69, 9.17) is 4.74 Å². The van der Waals surface area contributed by atoms with E-state index in [0.717, 1.165) is 11.8 Å². The third-order valence-electron chi connectivity index (χ3n) is 2.07. The van der Waals surface area contributed by atoms with E-state index in [1.165, 1.54) is 0 Å². The highest BCUT2D eigenvalue weighted by Crippen LogP contribution is 2.21. The third-order valence-corrected chi connectivity index (χ3v) is 2.71. The van der Waals surface area contributed by atoms with Gasteiger partial charge in [-0.3, -0.25) is 4.79 Å². The molecule has 0 aliphatic heterocycles. The maximum atomic E-state index is 11.4. The van der Waals surface area contributed by atoms with Crippen LogP contribution in [0.2, 0.25) is 0 Å². The number of ether oxygens (including phenoxy) is 2. The predicted molar refractivity (Wildman–Crippen MR) is 59.6 cm³/mol. The van der Waals surface area contributed by atoms with Gasteiger partial charge in [0.15, 0.2) is 0 Å². The van der Waals surface area contributed by atoms with Gasteiger partial charge >= 0.3 is 11.3 Å². The molecule has 0 aromatic rings. The first kappa shape index (κ1) is 14.3. The quantitative estimate of drug-likeness (QED) is 0.541. The lowest BCUT2D eigenvalue weighted by molar-refractivity contribution is -0.162. The molecule has 88 valence electrons. The Morgan fingerprint density at radius 3 is 2.27 bits per heavy atom. The first-order valence-electron chi connectivity index (χ1n) is 4.90. The minimum atomic E-state index is -0.524. The summed E-state index contributed by atoms with van der Waals surface area (Å²) in [6, 6.07) is 0. The Balaban J connectivity index is 3.78. The van der Waals surface area contributed by atoms with Crippen molar-refractivity contribution in [3.05, 3.63) is 0 Å². The van der Waals surface area contributed by atoms with Gasteiger partial charge in [-0.1, -0.05) is 13.8 Å². The summed E-state index contributed by atoms with van der Waals surface area (Å²) in [4.78, 5) is 22.3. The molecule has 0 atom stereocenters. The maximum absolute atomic E-state index is 11.4. The molecule has 0 fully saturated rings. The number of hydrogen-bond acceptors (Lipinski definition) is 5. The fraction of sp³-hybridized carbons (Fsp3) is 0.800. The molecule has 0 saturated carbocycles. The Bertz CT molecular complexity index is 225. The molecule has 4 nitrogen and oxygen atoms in total. The molecule has 0 spiro atoms. The minimum absolute atomic E-state index is 0.298. The van der Waals surface area contributed by atoms with Crippen LogP contribution in [0.1, 0.15) is 34.1 Å².